The summed E-state index contributed by atoms with van der Waals surface area (Å²) >= 11 is 12.4. The molecule has 0 bridgehead atoms. The molecule has 1 aromatic carbocycles. The van der Waals surface area contributed by atoms with Gasteiger partial charge in [0.15, 0.2) is 0 Å². The van der Waals surface area contributed by atoms with Gasteiger partial charge in [-0.15, -0.1) is 6.58 Å². The normalized spacial score (nSPS) is 19.3. The number of nitrogens with one attached hydrogen (secondary N) is 1. The molecular weight excluding hydrogens is 503 g/mol. The zero-order valence-electron chi connectivity index (χ0n) is 21.1. The van der Waals surface area contributed by atoms with Gasteiger partial charge < -0.3 is 15.0 Å². The minimum absolute atomic E-state index is 0.0632. The number of urea groups is 1. The Morgan fingerprint density at radius 3 is 2.58 bits per heavy atom. The number of rotatable bonds is 8. The molecule has 1 aromatic rings. The molecule has 2 aliphatic rings. The first-order chi connectivity index (χ1) is 17.2. The third kappa shape index (κ3) is 6.41. The van der Waals surface area contributed by atoms with Crippen molar-refractivity contribution >= 4 is 41.1 Å². The number of carbonyl (C=O) groups is 3. The summed E-state index contributed by atoms with van der Waals surface area (Å²) in [5.41, 5.74) is 1.52. The molecule has 1 saturated heterocycles. The number of esters is 1. The lowest BCUT2D eigenvalue weighted by atomic mass is 9.94. The van der Waals surface area contributed by atoms with Crippen LogP contribution in [0.4, 0.5) is 4.79 Å². The number of hydrogen-bond acceptors (Lipinski definition) is 5. The average Bonchev–Trinajstić information content (AvgIpc) is 3.08. The molecule has 1 unspecified atom stereocenters. The predicted molar refractivity (Wildman–Crippen MR) is 141 cm³/mol. The number of carbonyl (C=O) groups excluding carboxylic acids is 3. The predicted octanol–water partition coefficient (Wildman–Crippen LogP) is 4.25. The number of hydrogen-bond donors (Lipinski definition) is 1. The number of ether oxygens (including phenoxy) is 1. The zero-order valence-corrected chi connectivity index (χ0v) is 22.6. The molecule has 0 spiro atoms. The standard InChI is InChI=1S/C26H34Cl2N4O4/c1-5-10-32-21(16-30-11-7-12-31(14-13-30)24(33)17(3)4)22(25(34)36-6-2)23(29-26(32)35)18-8-9-19(27)20(28)15-18/h5,8-9,15,17,23H,1,6-7,10-14,16H2,2-4H3,(H,29,35). The van der Waals surface area contributed by atoms with Gasteiger partial charge in [0.2, 0.25) is 5.91 Å². The van der Waals surface area contributed by atoms with Gasteiger partial charge in [0.1, 0.15) is 0 Å². The molecule has 1 N–H and O–H groups in total. The van der Waals surface area contributed by atoms with Gasteiger partial charge >= 0.3 is 12.0 Å². The van der Waals surface area contributed by atoms with Crippen LogP contribution in [0.15, 0.2) is 42.1 Å². The first kappa shape index (κ1) is 28.0. The van der Waals surface area contributed by atoms with Crippen LogP contribution in [-0.4, -0.2) is 78.5 Å². The van der Waals surface area contributed by atoms with Crippen molar-refractivity contribution in [1.29, 1.82) is 0 Å². The van der Waals surface area contributed by atoms with E-state index in [-0.39, 0.29) is 31.0 Å². The van der Waals surface area contributed by atoms with Crippen LogP contribution >= 0.6 is 23.2 Å². The van der Waals surface area contributed by atoms with Crippen molar-refractivity contribution in [2.45, 2.75) is 33.2 Å². The summed E-state index contributed by atoms with van der Waals surface area (Å²) in [4.78, 5) is 44.7. The highest BCUT2D eigenvalue weighted by molar-refractivity contribution is 6.42. The summed E-state index contributed by atoms with van der Waals surface area (Å²) in [6, 6.07) is 3.92. The Morgan fingerprint density at radius 2 is 1.94 bits per heavy atom. The summed E-state index contributed by atoms with van der Waals surface area (Å²) in [5, 5.41) is 3.63. The summed E-state index contributed by atoms with van der Waals surface area (Å²) in [5.74, 6) is -0.441. The van der Waals surface area contributed by atoms with E-state index in [9.17, 15) is 14.4 Å². The first-order valence-electron chi connectivity index (χ1n) is 12.2. The van der Waals surface area contributed by atoms with E-state index in [2.05, 4.69) is 16.8 Å². The van der Waals surface area contributed by atoms with Crippen LogP contribution in [0.3, 0.4) is 0 Å². The highest BCUT2D eigenvalue weighted by atomic mass is 35.5. The molecule has 196 valence electrons. The summed E-state index contributed by atoms with van der Waals surface area (Å²) < 4.78 is 5.44. The van der Waals surface area contributed by atoms with Crippen molar-refractivity contribution in [3.8, 4) is 0 Å². The zero-order chi connectivity index (χ0) is 26.4. The van der Waals surface area contributed by atoms with Crippen molar-refractivity contribution in [2.75, 3.05) is 45.9 Å². The molecule has 2 aliphatic heterocycles. The minimum Gasteiger partial charge on any atom is -0.463 e. The van der Waals surface area contributed by atoms with E-state index in [0.29, 0.717) is 53.1 Å². The van der Waals surface area contributed by atoms with Gasteiger partial charge in [-0.1, -0.05) is 49.2 Å². The van der Waals surface area contributed by atoms with E-state index in [4.69, 9.17) is 27.9 Å². The molecular formula is C26H34Cl2N4O4. The average molecular weight is 537 g/mol. The second-order valence-electron chi connectivity index (χ2n) is 9.15. The minimum atomic E-state index is -0.756. The van der Waals surface area contributed by atoms with E-state index in [1.807, 2.05) is 18.7 Å². The van der Waals surface area contributed by atoms with Crippen LogP contribution in [0.5, 0.6) is 0 Å². The number of halogens is 2. The molecule has 3 rings (SSSR count). The van der Waals surface area contributed by atoms with Gasteiger partial charge in [-0.05, 0) is 31.0 Å². The Morgan fingerprint density at radius 1 is 1.19 bits per heavy atom. The van der Waals surface area contributed by atoms with E-state index in [0.717, 1.165) is 13.0 Å². The van der Waals surface area contributed by atoms with Crippen molar-refractivity contribution in [3.05, 3.63) is 57.7 Å². The van der Waals surface area contributed by atoms with E-state index in [1.165, 1.54) is 4.90 Å². The molecule has 1 fully saturated rings. The van der Waals surface area contributed by atoms with Crippen LogP contribution in [0.1, 0.15) is 38.8 Å². The van der Waals surface area contributed by atoms with E-state index in [1.54, 1.807) is 31.2 Å². The van der Waals surface area contributed by atoms with Crippen molar-refractivity contribution in [2.24, 2.45) is 5.92 Å². The van der Waals surface area contributed by atoms with Crippen LogP contribution in [0.2, 0.25) is 10.0 Å². The first-order valence-corrected chi connectivity index (χ1v) is 13.0. The fraction of sp³-hybridized carbons (Fsp3) is 0.500. The van der Waals surface area contributed by atoms with Crippen molar-refractivity contribution in [3.63, 3.8) is 0 Å². The van der Waals surface area contributed by atoms with Crippen LogP contribution < -0.4 is 5.32 Å². The highest BCUT2D eigenvalue weighted by Crippen LogP contribution is 2.35. The molecule has 0 saturated carbocycles. The maximum atomic E-state index is 13.3. The second kappa shape index (κ2) is 12.6. The third-order valence-corrected chi connectivity index (χ3v) is 7.03. The van der Waals surface area contributed by atoms with E-state index < -0.39 is 12.0 Å². The molecule has 8 nitrogen and oxygen atoms in total. The molecule has 1 atom stereocenters. The summed E-state index contributed by atoms with van der Waals surface area (Å²) in [6.45, 7) is 12.7. The largest absolute Gasteiger partial charge is 0.463 e. The molecule has 0 radical (unpaired) electrons. The van der Waals surface area contributed by atoms with Gasteiger partial charge in [0, 0.05) is 50.9 Å². The number of benzene rings is 1. The number of amides is 3. The lowest BCUT2D eigenvalue weighted by molar-refractivity contribution is -0.139. The fourth-order valence-electron chi connectivity index (χ4n) is 4.51. The second-order valence-corrected chi connectivity index (χ2v) is 9.96. The lowest BCUT2D eigenvalue weighted by Gasteiger charge is -2.38. The smallest absolute Gasteiger partial charge is 0.338 e. The molecule has 36 heavy (non-hydrogen) atoms. The lowest BCUT2D eigenvalue weighted by Crippen LogP contribution is -2.51. The maximum Gasteiger partial charge on any atom is 0.338 e. The fourth-order valence-corrected chi connectivity index (χ4v) is 4.82. The maximum absolute atomic E-state index is 13.3. The van der Waals surface area contributed by atoms with Gasteiger partial charge in [0.25, 0.3) is 0 Å². The quantitative estimate of drug-likeness (QED) is 0.396. The van der Waals surface area contributed by atoms with Gasteiger partial charge in [-0.25, -0.2) is 9.59 Å². The monoisotopic (exact) mass is 536 g/mol. The third-order valence-electron chi connectivity index (χ3n) is 6.29. The molecule has 10 heteroatoms. The molecule has 0 aliphatic carbocycles. The van der Waals surface area contributed by atoms with Crippen molar-refractivity contribution < 1.29 is 19.1 Å². The Labute approximate surface area is 222 Å². The highest BCUT2D eigenvalue weighted by Gasteiger charge is 2.38. The molecule has 2 heterocycles. The summed E-state index contributed by atoms with van der Waals surface area (Å²) in [7, 11) is 0. The van der Waals surface area contributed by atoms with Crippen LogP contribution in [-0.2, 0) is 14.3 Å². The van der Waals surface area contributed by atoms with Gasteiger partial charge in [-0.3, -0.25) is 14.6 Å². The molecule has 0 aromatic heterocycles. The van der Waals surface area contributed by atoms with Crippen molar-refractivity contribution in [1.82, 2.24) is 20.0 Å². The Hall–Kier alpha value is -2.55. The Balaban J connectivity index is 2.02. The van der Waals surface area contributed by atoms with E-state index >= 15 is 0 Å². The van der Waals surface area contributed by atoms with Gasteiger partial charge in [0.05, 0.1) is 28.3 Å². The van der Waals surface area contributed by atoms with Gasteiger partial charge in [-0.2, -0.15) is 0 Å². The Bertz CT molecular complexity index is 1040. The van der Waals surface area contributed by atoms with Crippen LogP contribution in [0, 0.1) is 5.92 Å². The SMILES string of the molecule is C=CCN1C(=O)NC(c2ccc(Cl)c(Cl)c2)C(C(=O)OCC)=C1CN1CCCN(C(=O)C(C)C)CC1. The Kier molecular flexibility index (Phi) is 9.82. The number of nitrogens with zero attached hydrogens (tertiary/aromatic N) is 3. The topological polar surface area (TPSA) is 82.2 Å². The molecule has 3 amide bonds. The summed E-state index contributed by atoms with van der Waals surface area (Å²) in [6.07, 6.45) is 2.41. The van der Waals surface area contributed by atoms with Crippen LogP contribution in [0.25, 0.3) is 0 Å².